The maximum Gasteiger partial charge on any atom is 0.317 e. The summed E-state index contributed by atoms with van der Waals surface area (Å²) < 4.78 is 0.254. The minimum absolute atomic E-state index is 0.0531. The van der Waals surface area contributed by atoms with Crippen molar-refractivity contribution in [1.29, 1.82) is 0 Å². The van der Waals surface area contributed by atoms with Crippen molar-refractivity contribution in [1.82, 2.24) is 4.90 Å². The molecule has 1 aromatic carbocycles. The number of carboxylic acids is 1. The predicted molar refractivity (Wildman–Crippen MR) is 72.9 cm³/mol. The first-order chi connectivity index (χ1) is 9.31. The summed E-state index contributed by atoms with van der Waals surface area (Å²) in [5, 5.41) is 19.6. The molecule has 0 aliphatic heterocycles. The van der Waals surface area contributed by atoms with Gasteiger partial charge in [0.05, 0.1) is 22.5 Å². The number of hydrogen-bond donors (Lipinski definition) is 2. The molecular weight excluding hydrogens is 334 g/mol. The predicted octanol–water partition coefficient (Wildman–Crippen LogP) is 0.729. The van der Waals surface area contributed by atoms with Gasteiger partial charge in [-0.2, -0.15) is 0 Å². The number of rotatable bonds is 7. The minimum atomic E-state index is -1.12. The Hall–Kier alpha value is -2.00. The summed E-state index contributed by atoms with van der Waals surface area (Å²) in [5.41, 5.74) is 5.42. The third kappa shape index (κ3) is 4.59. The molecule has 0 atom stereocenters. The first-order valence-corrected chi connectivity index (χ1v) is 6.24. The molecule has 0 radical (unpaired) electrons. The summed E-state index contributed by atoms with van der Waals surface area (Å²) in [6.45, 7) is -0.586. The lowest BCUT2D eigenvalue weighted by molar-refractivity contribution is -0.385. The highest BCUT2D eigenvalue weighted by Gasteiger charge is 2.19. The van der Waals surface area contributed by atoms with Gasteiger partial charge in [0, 0.05) is 12.6 Å². The van der Waals surface area contributed by atoms with E-state index in [1.54, 1.807) is 6.07 Å². The topological polar surface area (TPSA) is 127 Å². The van der Waals surface area contributed by atoms with Gasteiger partial charge in [-0.3, -0.25) is 24.6 Å². The van der Waals surface area contributed by atoms with Gasteiger partial charge in [-0.25, -0.2) is 0 Å². The molecule has 0 saturated heterocycles. The lowest BCUT2D eigenvalue weighted by atomic mass is 10.2. The van der Waals surface area contributed by atoms with Crippen molar-refractivity contribution in [2.24, 2.45) is 5.73 Å². The van der Waals surface area contributed by atoms with Crippen LogP contribution in [-0.4, -0.2) is 39.9 Å². The van der Waals surface area contributed by atoms with Gasteiger partial charge in [-0.15, -0.1) is 0 Å². The van der Waals surface area contributed by atoms with E-state index in [4.69, 9.17) is 10.8 Å². The third-order valence-electron chi connectivity index (χ3n) is 2.39. The van der Waals surface area contributed by atoms with Crippen LogP contribution < -0.4 is 5.73 Å². The standard InChI is InChI=1S/C11H12BrN3O5/c12-11-7(2-1-3-8(11)15(19)20)4-14(5-9(13)16)6-10(17)18/h1-3H,4-6H2,(H2,13,16)(H,17,18). The highest BCUT2D eigenvalue weighted by atomic mass is 79.9. The Kier molecular flexibility index (Phi) is 5.59. The molecule has 0 aromatic heterocycles. The largest absolute Gasteiger partial charge is 0.480 e. The van der Waals surface area contributed by atoms with E-state index in [0.29, 0.717) is 5.56 Å². The van der Waals surface area contributed by atoms with Gasteiger partial charge in [-0.05, 0) is 21.5 Å². The van der Waals surface area contributed by atoms with Gasteiger partial charge < -0.3 is 10.8 Å². The van der Waals surface area contributed by atoms with Gasteiger partial charge in [-0.1, -0.05) is 12.1 Å². The molecule has 9 heteroatoms. The van der Waals surface area contributed by atoms with Crippen LogP contribution in [0.3, 0.4) is 0 Å². The number of nitro benzene ring substituents is 1. The Labute approximate surface area is 122 Å². The molecular formula is C11H12BrN3O5. The zero-order chi connectivity index (χ0) is 15.3. The van der Waals surface area contributed by atoms with Crippen molar-refractivity contribution >= 4 is 33.5 Å². The Bertz CT molecular complexity index is 533. The van der Waals surface area contributed by atoms with Crippen molar-refractivity contribution in [3.63, 3.8) is 0 Å². The molecule has 8 nitrogen and oxygen atoms in total. The number of nitro groups is 1. The second kappa shape index (κ2) is 6.96. The first kappa shape index (κ1) is 16.1. The summed E-state index contributed by atoms with van der Waals surface area (Å²) in [5.74, 6) is -1.79. The highest BCUT2D eigenvalue weighted by Crippen LogP contribution is 2.29. The number of halogens is 1. The second-order valence-corrected chi connectivity index (χ2v) is 4.81. The number of carboxylic acid groups (broad SMARTS) is 1. The number of hydrogen-bond acceptors (Lipinski definition) is 5. The Morgan fingerprint density at radius 1 is 1.40 bits per heavy atom. The minimum Gasteiger partial charge on any atom is -0.480 e. The van der Waals surface area contributed by atoms with Gasteiger partial charge in [0.2, 0.25) is 5.91 Å². The summed E-state index contributed by atoms with van der Waals surface area (Å²) in [6, 6.07) is 4.41. The molecule has 0 unspecified atom stereocenters. The van der Waals surface area contributed by atoms with Crippen molar-refractivity contribution in [2.75, 3.05) is 13.1 Å². The molecule has 0 aliphatic carbocycles. The molecule has 1 aromatic rings. The van der Waals surface area contributed by atoms with Crippen molar-refractivity contribution in [3.05, 3.63) is 38.3 Å². The average molecular weight is 346 g/mol. The molecule has 0 heterocycles. The molecule has 1 rings (SSSR count). The number of benzene rings is 1. The number of primary amides is 1. The van der Waals surface area contributed by atoms with Crippen LogP contribution in [0.2, 0.25) is 0 Å². The number of nitrogens with two attached hydrogens (primary N) is 1. The fourth-order valence-electron chi connectivity index (χ4n) is 1.65. The van der Waals surface area contributed by atoms with E-state index in [0.717, 1.165) is 0 Å². The van der Waals surface area contributed by atoms with E-state index >= 15 is 0 Å². The maximum atomic E-state index is 10.9. The molecule has 0 spiro atoms. The zero-order valence-electron chi connectivity index (χ0n) is 10.3. The second-order valence-electron chi connectivity index (χ2n) is 4.01. The monoisotopic (exact) mass is 345 g/mol. The summed E-state index contributed by atoms with van der Waals surface area (Å²) >= 11 is 3.11. The first-order valence-electron chi connectivity index (χ1n) is 5.45. The molecule has 0 aliphatic rings. The summed E-state index contributed by atoms with van der Waals surface area (Å²) in [6.07, 6.45) is 0. The molecule has 0 fully saturated rings. The zero-order valence-corrected chi connectivity index (χ0v) is 11.9. The Morgan fingerprint density at radius 3 is 2.55 bits per heavy atom. The summed E-state index contributed by atoms with van der Waals surface area (Å²) in [7, 11) is 0. The maximum absolute atomic E-state index is 10.9. The number of nitrogens with zero attached hydrogens (tertiary/aromatic N) is 2. The smallest absolute Gasteiger partial charge is 0.317 e. The van der Waals surface area contributed by atoms with Crippen LogP contribution in [0, 0.1) is 10.1 Å². The molecule has 0 saturated carbocycles. The molecule has 3 N–H and O–H groups in total. The Morgan fingerprint density at radius 2 is 2.05 bits per heavy atom. The number of carbonyl (C=O) groups is 2. The van der Waals surface area contributed by atoms with E-state index in [9.17, 15) is 19.7 Å². The highest BCUT2D eigenvalue weighted by molar-refractivity contribution is 9.10. The van der Waals surface area contributed by atoms with Crippen LogP contribution in [-0.2, 0) is 16.1 Å². The summed E-state index contributed by atoms with van der Waals surface area (Å²) in [4.78, 5) is 33.2. The van der Waals surface area contributed by atoms with Crippen LogP contribution >= 0.6 is 15.9 Å². The fourth-order valence-corrected chi connectivity index (χ4v) is 2.18. The normalized spacial score (nSPS) is 10.5. The van der Waals surface area contributed by atoms with Crippen molar-refractivity contribution in [3.8, 4) is 0 Å². The van der Waals surface area contributed by atoms with Crippen molar-refractivity contribution < 1.29 is 19.6 Å². The van der Waals surface area contributed by atoms with E-state index in [2.05, 4.69) is 15.9 Å². The molecule has 0 bridgehead atoms. The third-order valence-corrected chi connectivity index (χ3v) is 3.30. The van der Waals surface area contributed by atoms with Gasteiger partial charge in [0.25, 0.3) is 5.69 Å². The van der Waals surface area contributed by atoms with Crippen molar-refractivity contribution in [2.45, 2.75) is 6.54 Å². The number of amides is 1. The van der Waals surface area contributed by atoms with E-state index in [1.807, 2.05) is 0 Å². The van der Waals surface area contributed by atoms with Crippen LogP contribution in [0.25, 0.3) is 0 Å². The molecule has 20 heavy (non-hydrogen) atoms. The van der Waals surface area contributed by atoms with Crippen LogP contribution in [0.4, 0.5) is 5.69 Å². The Balaban J connectivity index is 2.98. The van der Waals surface area contributed by atoms with Crippen LogP contribution in [0.15, 0.2) is 22.7 Å². The van der Waals surface area contributed by atoms with Crippen LogP contribution in [0.5, 0.6) is 0 Å². The van der Waals surface area contributed by atoms with Gasteiger partial charge in [0.15, 0.2) is 0 Å². The average Bonchev–Trinajstić information content (AvgIpc) is 2.29. The fraction of sp³-hybridized carbons (Fsp3) is 0.273. The number of aliphatic carboxylic acids is 1. The van der Waals surface area contributed by atoms with E-state index in [-0.39, 0.29) is 23.2 Å². The molecule has 1 amide bonds. The lowest BCUT2D eigenvalue weighted by Crippen LogP contribution is -2.37. The number of carbonyl (C=O) groups excluding carboxylic acids is 1. The van der Waals surface area contributed by atoms with E-state index < -0.39 is 23.3 Å². The van der Waals surface area contributed by atoms with Gasteiger partial charge >= 0.3 is 5.97 Å². The van der Waals surface area contributed by atoms with E-state index in [1.165, 1.54) is 17.0 Å². The lowest BCUT2D eigenvalue weighted by Gasteiger charge is -2.19. The van der Waals surface area contributed by atoms with Crippen LogP contribution in [0.1, 0.15) is 5.56 Å². The molecule has 108 valence electrons. The van der Waals surface area contributed by atoms with Gasteiger partial charge in [0.1, 0.15) is 0 Å². The quantitative estimate of drug-likeness (QED) is 0.553. The SMILES string of the molecule is NC(=O)CN(CC(=O)O)Cc1cccc([N+](=O)[O-])c1Br.